The van der Waals surface area contributed by atoms with Gasteiger partial charge in [0.15, 0.2) is 6.61 Å². The number of rotatable bonds is 8. The minimum Gasteiger partial charge on any atom is -0.482 e. The van der Waals surface area contributed by atoms with Gasteiger partial charge in [-0.2, -0.15) is 17.5 Å². The summed E-state index contributed by atoms with van der Waals surface area (Å²) < 4.78 is 82.8. The van der Waals surface area contributed by atoms with E-state index < -0.39 is 34.5 Å². The van der Waals surface area contributed by atoms with Crippen LogP contribution >= 0.6 is 0 Å². The maximum absolute atomic E-state index is 13.3. The molecule has 174 valence electrons. The van der Waals surface area contributed by atoms with Crippen molar-refractivity contribution < 1.29 is 35.5 Å². The van der Waals surface area contributed by atoms with Gasteiger partial charge in [0.1, 0.15) is 11.6 Å². The third-order valence-corrected chi connectivity index (χ3v) is 6.74. The number of nitrogens with one attached hydrogen (secondary N) is 1. The van der Waals surface area contributed by atoms with Crippen molar-refractivity contribution in [1.82, 2.24) is 4.31 Å². The molecule has 0 spiro atoms. The van der Waals surface area contributed by atoms with Crippen molar-refractivity contribution in [3.63, 3.8) is 0 Å². The quantitative estimate of drug-likeness (QED) is 0.584. The first kappa shape index (κ1) is 24.0. The van der Waals surface area contributed by atoms with E-state index in [1.54, 1.807) is 6.07 Å². The Morgan fingerprint density at radius 1 is 1.09 bits per heavy atom. The van der Waals surface area contributed by atoms with Crippen molar-refractivity contribution >= 4 is 21.6 Å². The first-order chi connectivity index (χ1) is 15.0. The van der Waals surface area contributed by atoms with Crippen LogP contribution < -0.4 is 10.1 Å². The van der Waals surface area contributed by atoms with Gasteiger partial charge in [-0.15, -0.1) is 0 Å². The predicted molar refractivity (Wildman–Crippen MR) is 109 cm³/mol. The Morgan fingerprint density at radius 2 is 1.81 bits per heavy atom. The van der Waals surface area contributed by atoms with Crippen LogP contribution in [0.1, 0.15) is 24.8 Å². The average Bonchev–Trinajstić information content (AvgIpc) is 3.26. The molecule has 1 saturated heterocycles. The molecule has 0 saturated carbocycles. The molecule has 6 nitrogen and oxygen atoms in total. The molecular weight excluding hydrogens is 452 g/mol. The van der Waals surface area contributed by atoms with E-state index in [0.29, 0.717) is 18.7 Å². The molecule has 3 rings (SSSR count). The molecule has 1 aliphatic rings. The summed E-state index contributed by atoms with van der Waals surface area (Å²) in [5.74, 6) is -1.34. The topological polar surface area (TPSA) is 75.7 Å². The third-order valence-electron chi connectivity index (χ3n) is 4.85. The fourth-order valence-electron chi connectivity index (χ4n) is 3.29. The fraction of sp³-hybridized carbons (Fsp3) is 0.381. The number of benzene rings is 2. The SMILES string of the molecule is O=C(CCc1cccc(F)c1)Nc1cc(S(=O)(=O)N2CCCC2)ccc1OCC(F)(F)F. The van der Waals surface area contributed by atoms with Crippen LogP contribution in [-0.4, -0.2) is 44.5 Å². The summed E-state index contributed by atoms with van der Waals surface area (Å²) >= 11 is 0. The third kappa shape index (κ3) is 6.42. The van der Waals surface area contributed by atoms with Crippen LogP contribution in [0.4, 0.5) is 23.2 Å². The van der Waals surface area contributed by atoms with Gasteiger partial charge < -0.3 is 10.1 Å². The van der Waals surface area contributed by atoms with Crippen LogP contribution in [0.15, 0.2) is 47.4 Å². The lowest BCUT2D eigenvalue weighted by atomic mass is 10.1. The summed E-state index contributed by atoms with van der Waals surface area (Å²) in [6, 6.07) is 9.02. The summed E-state index contributed by atoms with van der Waals surface area (Å²) in [6.45, 7) is -0.897. The van der Waals surface area contributed by atoms with Crippen molar-refractivity contribution in [3.05, 3.63) is 53.8 Å². The molecule has 1 aliphatic heterocycles. The van der Waals surface area contributed by atoms with Crippen LogP contribution in [-0.2, 0) is 21.2 Å². The van der Waals surface area contributed by atoms with Crippen molar-refractivity contribution in [2.45, 2.75) is 36.8 Å². The molecule has 0 atom stereocenters. The van der Waals surface area contributed by atoms with Gasteiger partial charge in [0, 0.05) is 19.5 Å². The van der Waals surface area contributed by atoms with Gasteiger partial charge in [0.25, 0.3) is 0 Å². The second kappa shape index (κ2) is 9.86. The first-order valence-corrected chi connectivity index (χ1v) is 11.4. The Morgan fingerprint density at radius 3 is 2.47 bits per heavy atom. The van der Waals surface area contributed by atoms with E-state index in [-0.39, 0.29) is 29.2 Å². The number of carbonyl (C=O) groups excluding carboxylic acids is 1. The molecule has 1 fully saturated rings. The molecule has 0 bridgehead atoms. The van der Waals surface area contributed by atoms with Gasteiger partial charge >= 0.3 is 6.18 Å². The fourth-order valence-corrected chi connectivity index (χ4v) is 4.84. The van der Waals surface area contributed by atoms with Crippen LogP contribution in [0.5, 0.6) is 5.75 Å². The number of alkyl halides is 3. The molecule has 1 N–H and O–H groups in total. The first-order valence-electron chi connectivity index (χ1n) is 9.93. The maximum atomic E-state index is 13.3. The van der Waals surface area contributed by atoms with E-state index in [9.17, 15) is 30.8 Å². The Hall–Kier alpha value is -2.66. The molecule has 0 radical (unpaired) electrons. The number of anilines is 1. The van der Waals surface area contributed by atoms with E-state index in [1.807, 2.05) is 0 Å². The zero-order valence-electron chi connectivity index (χ0n) is 17.0. The Kier molecular flexibility index (Phi) is 7.40. The number of sulfonamides is 1. The number of aryl methyl sites for hydroxylation is 1. The highest BCUT2D eigenvalue weighted by Crippen LogP contribution is 2.31. The largest absolute Gasteiger partial charge is 0.482 e. The van der Waals surface area contributed by atoms with E-state index >= 15 is 0 Å². The zero-order chi connectivity index (χ0) is 23.4. The van der Waals surface area contributed by atoms with Crippen molar-refractivity contribution in [3.8, 4) is 5.75 Å². The van der Waals surface area contributed by atoms with Crippen molar-refractivity contribution in [1.29, 1.82) is 0 Å². The van der Waals surface area contributed by atoms with Crippen molar-refractivity contribution in [2.24, 2.45) is 0 Å². The summed E-state index contributed by atoms with van der Waals surface area (Å²) in [5.41, 5.74) is 0.387. The van der Waals surface area contributed by atoms with E-state index in [2.05, 4.69) is 5.32 Å². The molecule has 2 aromatic rings. The molecule has 1 heterocycles. The van der Waals surface area contributed by atoms with Gasteiger partial charge in [-0.1, -0.05) is 12.1 Å². The van der Waals surface area contributed by atoms with Crippen LogP contribution in [0.3, 0.4) is 0 Å². The predicted octanol–water partition coefficient (Wildman–Crippen LogP) is 4.12. The number of hydrogen-bond acceptors (Lipinski definition) is 4. The minimum absolute atomic E-state index is 0.0920. The van der Waals surface area contributed by atoms with Crippen molar-refractivity contribution in [2.75, 3.05) is 25.0 Å². The Labute approximate surface area is 183 Å². The molecule has 0 aromatic heterocycles. The lowest BCUT2D eigenvalue weighted by Crippen LogP contribution is -2.28. The van der Waals surface area contributed by atoms with Gasteiger partial charge in [0.05, 0.1) is 10.6 Å². The number of nitrogens with zero attached hydrogens (tertiary/aromatic N) is 1. The summed E-state index contributed by atoms with van der Waals surface area (Å²) in [6.07, 6.45) is -3.08. The lowest BCUT2D eigenvalue weighted by molar-refractivity contribution is -0.153. The Balaban J connectivity index is 1.80. The Bertz CT molecular complexity index is 1070. The number of halogens is 4. The van der Waals surface area contributed by atoms with E-state index in [4.69, 9.17) is 4.74 Å². The lowest BCUT2D eigenvalue weighted by Gasteiger charge is -2.18. The van der Waals surface area contributed by atoms with Gasteiger partial charge in [0.2, 0.25) is 15.9 Å². The van der Waals surface area contributed by atoms with E-state index in [1.165, 1.54) is 22.5 Å². The second-order valence-electron chi connectivity index (χ2n) is 7.35. The monoisotopic (exact) mass is 474 g/mol. The molecule has 0 aliphatic carbocycles. The summed E-state index contributed by atoms with van der Waals surface area (Å²) in [7, 11) is -3.85. The van der Waals surface area contributed by atoms with Crippen LogP contribution in [0.2, 0.25) is 0 Å². The molecular formula is C21H22F4N2O4S. The highest BCUT2D eigenvalue weighted by Gasteiger charge is 2.30. The standard InChI is InChI=1S/C21H22F4N2O4S/c22-16-5-3-4-15(12-16)6-9-20(28)26-18-13-17(32(29,30)27-10-1-2-11-27)7-8-19(18)31-14-21(23,24)25/h3-5,7-8,12-13H,1-2,6,9-11,14H2,(H,26,28). The second-order valence-corrected chi connectivity index (χ2v) is 9.29. The van der Waals surface area contributed by atoms with E-state index in [0.717, 1.165) is 31.0 Å². The minimum atomic E-state index is -4.61. The molecule has 0 unspecified atom stereocenters. The van der Waals surface area contributed by atoms with Gasteiger partial charge in [-0.05, 0) is 55.2 Å². The highest BCUT2D eigenvalue weighted by molar-refractivity contribution is 7.89. The molecule has 32 heavy (non-hydrogen) atoms. The average molecular weight is 474 g/mol. The number of carbonyl (C=O) groups is 1. The molecule has 1 amide bonds. The van der Waals surface area contributed by atoms with Gasteiger partial charge in [-0.25, -0.2) is 12.8 Å². The van der Waals surface area contributed by atoms with Gasteiger partial charge in [-0.3, -0.25) is 4.79 Å². The highest BCUT2D eigenvalue weighted by atomic mass is 32.2. The smallest absolute Gasteiger partial charge is 0.422 e. The molecule has 2 aromatic carbocycles. The summed E-state index contributed by atoms with van der Waals surface area (Å²) in [4.78, 5) is 12.2. The van der Waals surface area contributed by atoms with Crippen LogP contribution in [0, 0.1) is 5.82 Å². The van der Waals surface area contributed by atoms with Crippen LogP contribution in [0.25, 0.3) is 0 Å². The number of ether oxygens (including phenoxy) is 1. The summed E-state index contributed by atoms with van der Waals surface area (Å²) in [5, 5.41) is 2.43. The normalized spacial score (nSPS) is 15.0. The number of amides is 1. The number of hydrogen-bond donors (Lipinski definition) is 1. The molecule has 11 heteroatoms. The maximum Gasteiger partial charge on any atom is 0.422 e. The zero-order valence-corrected chi connectivity index (χ0v) is 17.8.